The highest BCUT2D eigenvalue weighted by molar-refractivity contribution is 5.72. The van der Waals surface area contributed by atoms with Crippen LogP contribution in [0.5, 0.6) is 0 Å². The number of aromatic amines is 1. The standard InChI is InChI=1S/C8H9N5O3/c9-6-5-7(11-2-10-5)12-3-13(6)1-4(14)8(15)16/h2-4,9,14H,1H2,(H,10,11)(H,15,16). The number of carboxylic acid groups (broad SMARTS) is 1. The number of carbonyl (C=O) groups is 1. The summed E-state index contributed by atoms with van der Waals surface area (Å²) < 4.78 is 1.24. The first-order valence-electron chi connectivity index (χ1n) is 4.43. The molecular formula is C8H9N5O3. The van der Waals surface area contributed by atoms with Crippen molar-refractivity contribution in [2.24, 2.45) is 0 Å². The first-order valence-corrected chi connectivity index (χ1v) is 4.43. The van der Waals surface area contributed by atoms with Crippen LogP contribution in [-0.2, 0) is 11.3 Å². The maximum absolute atomic E-state index is 10.5. The lowest BCUT2D eigenvalue weighted by Gasteiger charge is -2.08. The molecule has 84 valence electrons. The predicted molar refractivity (Wildman–Crippen MR) is 51.4 cm³/mol. The molecule has 0 saturated heterocycles. The molecule has 0 aliphatic rings. The molecule has 16 heavy (non-hydrogen) atoms. The smallest absolute Gasteiger partial charge is 0.334 e. The lowest BCUT2D eigenvalue weighted by Crippen LogP contribution is -2.31. The minimum absolute atomic E-state index is 0.0304. The summed E-state index contributed by atoms with van der Waals surface area (Å²) in [7, 11) is 0. The van der Waals surface area contributed by atoms with Crippen molar-refractivity contribution in [2.45, 2.75) is 12.6 Å². The second-order valence-corrected chi connectivity index (χ2v) is 3.20. The van der Waals surface area contributed by atoms with Gasteiger partial charge in [0, 0.05) is 0 Å². The van der Waals surface area contributed by atoms with Crippen LogP contribution in [0.3, 0.4) is 0 Å². The SMILES string of the molecule is N=c1c2[nH]cnc2ncn1CC(O)C(=O)O. The van der Waals surface area contributed by atoms with E-state index in [0.717, 1.165) is 0 Å². The number of aliphatic carboxylic acids is 1. The Bertz CT molecular complexity index is 587. The van der Waals surface area contributed by atoms with E-state index in [1.807, 2.05) is 0 Å². The molecule has 0 amide bonds. The van der Waals surface area contributed by atoms with E-state index in [0.29, 0.717) is 11.2 Å². The minimum atomic E-state index is -1.56. The fourth-order valence-corrected chi connectivity index (χ4v) is 1.29. The van der Waals surface area contributed by atoms with Gasteiger partial charge in [0.25, 0.3) is 0 Å². The third-order valence-electron chi connectivity index (χ3n) is 2.12. The van der Waals surface area contributed by atoms with Gasteiger partial charge in [-0.2, -0.15) is 0 Å². The van der Waals surface area contributed by atoms with Crippen molar-refractivity contribution in [2.75, 3.05) is 0 Å². The number of aliphatic hydroxyl groups excluding tert-OH is 1. The Morgan fingerprint density at radius 3 is 3.06 bits per heavy atom. The lowest BCUT2D eigenvalue weighted by atomic mass is 10.3. The van der Waals surface area contributed by atoms with Gasteiger partial charge in [-0.25, -0.2) is 14.8 Å². The van der Waals surface area contributed by atoms with E-state index in [2.05, 4.69) is 15.0 Å². The number of carboxylic acids is 1. The number of fused-ring (bicyclic) bond motifs is 1. The molecule has 0 spiro atoms. The van der Waals surface area contributed by atoms with E-state index < -0.39 is 12.1 Å². The van der Waals surface area contributed by atoms with Crippen molar-refractivity contribution < 1.29 is 15.0 Å². The number of nitrogens with one attached hydrogen (secondary N) is 2. The van der Waals surface area contributed by atoms with Crippen LogP contribution in [0, 0.1) is 5.41 Å². The Hall–Kier alpha value is -2.22. The van der Waals surface area contributed by atoms with E-state index in [9.17, 15) is 4.79 Å². The van der Waals surface area contributed by atoms with E-state index in [1.165, 1.54) is 17.2 Å². The summed E-state index contributed by atoms with van der Waals surface area (Å²) in [5, 5.41) is 25.5. The van der Waals surface area contributed by atoms with Gasteiger partial charge in [0.2, 0.25) is 0 Å². The fourth-order valence-electron chi connectivity index (χ4n) is 1.29. The van der Waals surface area contributed by atoms with Crippen LogP contribution in [0.4, 0.5) is 0 Å². The van der Waals surface area contributed by atoms with Crippen molar-refractivity contribution in [3.63, 3.8) is 0 Å². The summed E-state index contributed by atoms with van der Waals surface area (Å²) in [4.78, 5) is 21.0. The number of H-pyrrole nitrogens is 1. The number of rotatable bonds is 3. The van der Waals surface area contributed by atoms with Crippen LogP contribution in [0.25, 0.3) is 11.2 Å². The maximum Gasteiger partial charge on any atom is 0.334 e. The third kappa shape index (κ3) is 1.65. The molecule has 2 heterocycles. The van der Waals surface area contributed by atoms with Gasteiger partial charge in [-0.15, -0.1) is 0 Å². The van der Waals surface area contributed by atoms with Gasteiger partial charge in [-0.1, -0.05) is 0 Å². The van der Waals surface area contributed by atoms with Gasteiger partial charge < -0.3 is 19.8 Å². The average molecular weight is 223 g/mol. The molecule has 1 atom stereocenters. The Balaban J connectivity index is 2.42. The number of imidazole rings is 1. The topological polar surface area (TPSA) is 128 Å². The van der Waals surface area contributed by atoms with Crippen LogP contribution in [0.15, 0.2) is 12.7 Å². The van der Waals surface area contributed by atoms with Crippen LogP contribution >= 0.6 is 0 Å². The average Bonchev–Trinajstić information content (AvgIpc) is 2.70. The zero-order valence-electron chi connectivity index (χ0n) is 8.08. The van der Waals surface area contributed by atoms with Crippen LogP contribution in [0.2, 0.25) is 0 Å². The number of hydrogen-bond acceptors (Lipinski definition) is 5. The molecule has 0 bridgehead atoms. The molecule has 2 rings (SSSR count). The molecule has 0 aliphatic heterocycles. The van der Waals surface area contributed by atoms with Gasteiger partial charge in [-0.3, -0.25) is 5.41 Å². The Morgan fingerprint density at radius 2 is 2.38 bits per heavy atom. The molecule has 2 aromatic heterocycles. The van der Waals surface area contributed by atoms with E-state index in [4.69, 9.17) is 15.6 Å². The molecule has 1 unspecified atom stereocenters. The number of hydrogen-bond donors (Lipinski definition) is 4. The zero-order chi connectivity index (χ0) is 11.7. The molecular weight excluding hydrogens is 214 g/mol. The summed E-state index contributed by atoms with van der Waals surface area (Å²) in [6.45, 7) is -0.226. The van der Waals surface area contributed by atoms with Crippen LogP contribution < -0.4 is 5.49 Å². The Morgan fingerprint density at radius 1 is 1.62 bits per heavy atom. The van der Waals surface area contributed by atoms with Crippen molar-refractivity contribution in [3.8, 4) is 0 Å². The zero-order valence-corrected chi connectivity index (χ0v) is 8.08. The second kappa shape index (κ2) is 3.74. The Labute approximate surface area is 88.7 Å². The van der Waals surface area contributed by atoms with Crippen molar-refractivity contribution >= 4 is 17.1 Å². The van der Waals surface area contributed by atoms with Crippen molar-refractivity contribution in [3.05, 3.63) is 18.1 Å². The normalized spacial score (nSPS) is 12.8. The molecule has 8 nitrogen and oxygen atoms in total. The first kappa shape index (κ1) is 10.3. The highest BCUT2D eigenvalue weighted by Crippen LogP contribution is 1.98. The molecule has 2 aromatic rings. The maximum atomic E-state index is 10.5. The first-order chi connectivity index (χ1) is 7.59. The van der Waals surface area contributed by atoms with Gasteiger partial charge >= 0.3 is 5.97 Å². The van der Waals surface area contributed by atoms with E-state index >= 15 is 0 Å². The van der Waals surface area contributed by atoms with Crippen LogP contribution in [0.1, 0.15) is 0 Å². The molecule has 0 fully saturated rings. The molecule has 4 N–H and O–H groups in total. The molecule has 8 heteroatoms. The Kier molecular flexibility index (Phi) is 2.41. The summed E-state index contributed by atoms with van der Waals surface area (Å²) >= 11 is 0. The van der Waals surface area contributed by atoms with Crippen LogP contribution in [-0.4, -0.2) is 41.8 Å². The van der Waals surface area contributed by atoms with Gasteiger partial charge in [0.1, 0.15) is 5.52 Å². The molecule has 0 aliphatic carbocycles. The summed E-state index contributed by atoms with van der Waals surface area (Å²) in [5.41, 5.74) is 0.814. The highest BCUT2D eigenvalue weighted by atomic mass is 16.4. The quantitative estimate of drug-likeness (QED) is 0.513. The van der Waals surface area contributed by atoms with Gasteiger partial charge in [0.15, 0.2) is 17.2 Å². The lowest BCUT2D eigenvalue weighted by molar-refractivity contribution is -0.147. The number of aliphatic hydroxyl groups is 1. The highest BCUT2D eigenvalue weighted by Gasteiger charge is 2.14. The van der Waals surface area contributed by atoms with E-state index in [1.54, 1.807) is 0 Å². The summed E-state index contributed by atoms with van der Waals surface area (Å²) in [6, 6.07) is 0. The largest absolute Gasteiger partial charge is 0.479 e. The molecule has 0 radical (unpaired) electrons. The van der Waals surface area contributed by atoms with Gasteiger partial charge in [0.05, 0.1) is 19.2 Å². The summed E-state index contributed by atoms with van der Waals surface area (Å²) in [6.07, 6.45) is 1.11. The monoisotopic (exact) mass is 223 g/mol. The van der Waals surface area contributed by atoms with Crippen molar-refractivity contribution in [1.29, 1.82) is 5.41 Å². The van der Waals surface area contributed by atoms with Gasteiger partial charge in [-0.05, 0) is 0 Å². The summed E-state index contributed by atoms with van der Waals surface area (Å²) in [5.74, 6) is -1.34. The van der Waals surface area contributed by atoms with Crippen molar-refractivity contribution in [1.82, 2.24) is 19.5 Å². The minimum Gasteiger partial charge on any atom is -0.479 e. The fraction of sp³-hybridized carbons (Fsp3) is 0.250. The third-order valence-corrected chi connectivity index (χ3v) is 2.12. The molecule has 0 saturated carbocycles. The second-order valence-electron chi connectivity index (χ2n) is 3.20. The number of aromatic nitrogens is 4. The molecule has 0 aromatic carbocycles. The number of nitrogens with zero attached hydrogens (tertiary/aromatic N) is 3. The van der Waals surface area contributed by atoms with E-state index in [-0.39, 0.29) is 12.0 Å². The predicted octanol–water partition coefficient (Wildman–Crippen LogP) is -1.32.